The topological polar surface area (TPSA) is 46.6 Å². The Hall–Kier alpha value is -1.62. The number of carbonyl (C=O) groups is 2. The molecule has 0 unspecified atom stereocenters. The van der Waals surface area contributed by atoms with Crippen LogP contribution in [-0.2, 0) is 14.3 Å². The molecule has 0 aliphatic rings. The summed E-state index contributed by atoms with van der Waals surface area (Å²) in [6.45, 7) is 4.50. The first-order valence-corrected chi connectivity index (χ1v) is 7.05. The second kappa shape index (κ2) is 7.74. The number of hydrogen-bond acceptors (Lipinski definition) is 4. The van der Waals surface area contributed by atoms with Gasteiger partial charge in [-0.2, -0.15) is 0 Å². The van der Waals surface area contributed by atoms with Crippen LogP contribution in [0.3, 0.4) is 0 Å². The molecule has 1 rings (SSSR count). The van der Waals surface area contributed by atoms with Gasteiger partial charge in [-0.1, -0.05) is 0 Å². The van der Waals surface area contributed by atoms with Crippen LogP contribution in [0.1, 0.15) is 23.8 Å². The highest BCUT2D eigenvalue weighted by molar-refractivity contribution is 7.11. The monoisotopic (exact) mass is 281 g/mol. The predicted molar refractivity (Wildman–Crippen MR) is 77.0 cm³/mol. The molecule has 0 N–H and O–H groups in total. The van der Waals surface area contributed by atoms with Crippen molar-refractivity contribution >= 4 is 29.3 Å². The van der Waals surface area contributed by atoms with E-state index in [0.29, 0.717) is 13.2 Å². The number of carbonyl (C=O) groups excluding carboxylic acids is 2. The molecule has 0 saturated carbocycles. The molecule has 0 radical (unpaired) electrons. The van der Waals surface area contributed by atoms with E-state index in [-0.39, 0.29) is 18.3 Å². The normalized spacial score (nSPS) is 10.7. The molecular weight excluding hydrogens is 262 g/mol. The van der Waals surface area contributed by atoms with E-state index in [1.807, 2.05) is 24.4 Å². The Kier molecular flexibility index (Phi) is 6.29. The molecule has 0 spiro atoms. The number of nitrogens with zero attached hydrogens (tertiary/aromatic N) is 1. The zero-order chi connectivity index (χ0) is 14.3. The average Bonchev–Trinajstić information content (AvgIpc) is 2.79. The summed E-state index contributed by atoms with van der Waals surface area (Å²) in [5.74, 6) is -0.391. The maximum absolute atomic E-state index is 11.8. The molecule has 0 bridgehead atoms. The first kappa shape index (κ1) is 15.4. The van der Waals surface area contributed by atoms with Gasteiger partial charge in [0.2, 0.25) is 5.91 Å². The molecule has 104 valence electrons. The fraction of sp³-hybridized carbons (Fsp3) is 0.429. The summed E-state index contributed by atoms with van der Waals surface area (Å²) in [6.07, 6.45) is 3.56. The molecule has 0 fully saturated rings. The van der Waals surface area contributed by atoms with Gasteiger partial charge in [0, 0.05) is 24.5 Å². The fourth-order valence-electron chi connectivity index (χ4n) is 1.43. The van der Waals surface area contributed by atoms with Crippen molar-refractivity contribution in [3.63, 3.8) is 0 Å². The molecule has 0 aromatic carbocycles. The van der Waals surface area contributed by atoms with Crippen molar-refractivity contribution in [2.45, 2.75) is 20.3 Å². The third-order valence-corrected chi connectivity index (χ3v) is 3.60. The highest BCUT2D eigenvalue weighted by Crippen LogP contribution is 2.17. The lowest BCUT2D eigenvalue weighted by molar-refractivity contribution is -0.143. The van der Waals surface area contributed by atoms with E-state index in [9.17, 15) is 9.59 Å². The van der Waals surface area contributed by atoms with Crippen LogP contribution in [0.5, 0.6) is 0 Å². The van der Waals surface area contributed by atoms with Crippen LogP contribution in [0.2, 0.25) is 0 Å². The van der Waals surface area contributed by atoms with Crippen LogP contribution in [0.4, 0.5) is 0 Å². The second-order valence-electron chi connectivity index (χ2n) is 4.12. The van der Waals surface area contributed by atoms with Crippen molar-refractivity contribution in [1.82, 2.24) is 4.90 Å². The first-order valence-electron chi connectivity index (χ1n) is 6.17. The van der Waals surface area contributed by atoms with Gasteiger partial charge >= 0.3 is 5.97 Å². The molecule has 1 aromatic heterocycles. The summed E-state index contributed by atoms with van der Waals surface area (Å²) in [4.78, 5) is 25.6. The van der Waals surface area contributed by atoms with Crippen molar-refractivity contribution in [3.05, 3.63) is 28.0 Å². The van der Waals surface area contributed by atoms with Crippen molar-refractivity contribution in [2.24, 2.45) is 0 Å². The molecule has 0 aliphatic heterocycles. The lowest BCUT2D eigenvalue weighted by Crippen LogP contribution is -2.27. The molecular formula is C14H19NO3S. The number of likely N-dealkylation sites (N-methyl/N-ethyl adjacent to an activating group) is 1. The van der Waals surface area contributed by atoms with Gasteiger partial charge in [-0.05, 0) is 36.9 Å². The van der Waals surface area contributed by atoms with Crippen molar-refractivity contribution in [3.8, 4) is 0 Å². The Labute approximate surface area is 117 Å². The minimum atomic E-state index is -0.278. The van der Waals surface area contributed by atoms with Gasteiger partial charge in [0.1, 0.15) is 0 Å². The average molecular weight is 281 g/mol. The molecule has 0 aliphatic carbocycles. The van der Waals surface area contributed by atoms with E-state index < -0.39 is 0 Å². The summed E-state index contributed by atoms with van der Waals surface area (Å²) < 4.78 is 4.81. The molecule has 5 heteroatoms. The third kappa shape index (κ3) is 5.26. The van der Waals surface area contributed by atoms with E-state index in [0.717, 1.165) is 10.4 Å². The minimum absolute atomic E-state index is 0.114. The standard InChI is InChI=1S/C14H19NO3S/c1-4-18-14(17)7-9-15(3)13(16)6-5-12-11(2)8-10-19-12/h5-6,8,10H,4,7,9H2,1-3H3. The molecule has 1 amide bonds. The number of esters is 1. The number of rotatable bonds is 6. The minimum Gasteiger partial charge on any atom is -0.466 e. The van der Waals surface area contributed by atoms with E-state index >= 15 is 0 Å². The second-order valence-corrected chi connectivity index (χ2v) is 5.06. The number of thiophene rings is 1. The Morgan fingerprint density at radius 1 is 1.47 bits per heavy atom. The molecule has 1 aromatic rings. The summed E-state index contributed by atoms with van der Waals surface area (Å²) in [7, 11) is 1.67. The number of ether oxygens (including phenoxy) is 1. The van der Waals surface area contributed by atoms with Crippen LogP contribution in [0.15, 0.2) is 17.5 Å². The zero-order valence-electron chi connectivity index (χ0n) is 11.5. The van der Waals surface area contributed by atoms with Gasteiger partial charge in [-0.3, -0.25) is 9.59 Å². The van der Waals surface area contributed by atoms with Crippen molar-refractivity contribution < 1.29 is 14.3 Å². The smallest absolute Gasteiger partial charge is 0.307 e. The Morgan fingerprint density at radius 3 is 2.79 bits per heavy atom. The van der Waals surface area contributed by atoms with Gasteiger partial charge in [0.25, 0.3) is 0 Å². The third-order valence-electron chi connectivity index (χ3n) is 2.61. The zero-order valence-corrected chi connectivity index (χ0v) is 12.3. The van der Waals surface area contributed by atoms with Crippen LogP contribution in [-0.4, -0.2) is 37.0 Å². The SMILES string of the molecule is CCOC(=O)CCN(C)C(=O)C=Cc1sccc1C. The fourth-order valence-corrected chi connectivity index (χ4v) is 2.25. The summed E-state index contributed by atoms with van der Waals surface area (Å²) in [5.41, 5.74) is 1.16. The van der Waals surface area contributed by atoms with E-state index in [1.165, 1.54) is 11.0 Å². The highest BCUT2D eigenvalue weighted by atomic mass is 32.1. The number of hydrogen-bond donors (Lipinski definition) is 0. The van der Waals surface area contributed by atoms with E-state index in [4.69, 9.17) is 4.74 Å². The number of aryl methyl sites for hydroxylation is 1. The maximum atomic E-state index is 11.8. The van der Waals surface area contributed by atoms with E-state index in [1.54, 1.807) is 25.3 Å². The quantitative estimate of drug-likeness (QED) is 0.594. The lowest BCUT2D eigenvalue weighted by Gasteiger charge is -2.14. The largest absolute Gasteiger partial charge is 0.466 e. The van der Waals surface area contributed by atoms with Gasteiger partial charge in [-0.15, -0.1) is 11.3 Å². The molecule has 0 atom stereocenters. The molecule has 0 saturated heterocycles. The van der Waals surface area contributed by atoms with Crippen molar-refractivity contribution in [1.29, 1.82) is 0 Å². The van der Waals surface area contributed by atoms with Gasteiger partial charge < -0.3 is 9.64 Å². The highest BCUT2D eigenvalue weighted by Gasteiger charge is 2.08. The number of amides is 1. The molecule has 4 nitrogen and oxygen atoms in total. The molecule has 1 heterocycles. The Balaban J connectivity index is 2.43. The Morgan fingerprint density at radius 2 is 2.21 bits per heavy atom. The first-order chi connectivity index (χ1) is 9.04. The summed E-state index contributed by atoms with van der Waals surface area (Å²) >= 11 is 1.60. The van der Waals surface area contributed by atoms with Crippen LogP contribution < -0.4 is 0 Å². The van der Waals surface area contributed by atoms with Gasteiger partial charge in [0.05, 0.1) is 13.0 Å². The van der Waals surface area contributed by atoms with Gasteiger partial charge in [0.15, 0.2) is 0 Å². The van der Waals surface area contributed by atoms with Crippen LogP contribution >= 0.6 is 11.3 Å². The lowest BCUT2D eigenvalue weighted by atomic mass is 10.2. The Bertz CT molecular complexity index is 465. The summed E-state index contributed by atoms with van der Waals surface area (Å²) in [5, 5.41) is 1.99. The van der Waals surface area contributed by atoms with E-state index in [2.05, 4.69) is 0 Å². The predicted octanol–water partition coefficient (Wildman–Crippen LogP) is 2.48. The summed E-state index contributed by atoms with van der Waals surface area (Å²) in [6, 6.07) is 2.01. The molecule has 19 heavy (non-hydrogen) atoms. The maximum Gasteiger partial charge on any atom is 0.307 e. The van der Waals surface area contributed by atoms with Crippen LogP contribution in [0.25, 0.3) is 6.08 Å². The van der Waals surface area contributed by atoms with Crippen molar-refractivity contribution in [2.75, 3.05) is 20.2 Å². The van der Waals surface area contributed by atoms with Crippen LogP contribution in [0, 0.1) is 6.92 Å². The van der Waals surface area contributed by atoms with Gasteiger partial charge in [-0.25, -0.2) is 0 Å².